The molecular formula is C14H12ClNO2. The van der Waals surface area contributed by atoms with Crippen molar-refractivity contribution in [3.8, 4) is 0 Å². The highest BCUT2D eigenvalue weighted by atomic mass is 35.5. The lowest BCUT2D eigenvalue weighted by Gasteiger charge is -2.14. The summed E-state index contributed by atoms with van der Waals surface area (Å²) in [6, 6.07) is 13.9. The molecule has 0 aliphatic carbocycles. The molecule has 0 saturated heterocycles. The first-order valence-electron chi connectivity index (χ1n) is 5.42. The van der Waals surface area contributed by atoms with Gasteiger partial charge in [0.15, 0.2) is 0 Å². The maximum Gasteiger partial charge on any atom is 0.315 e. The number of hydrogen-bond acceptors (Lipinski definition) is 2. The summed E-state index contributed by atoms with van der Waals surface area (Å²) < 4.78 is 0. The Balaban J connectivity index is 2.49. The summed E-state index contributed by atoms with van der Waals surface area (Å²) in [5.74, 6) is -1.65. The summed E-state index contributed by atoms with van der Waals surface area (Å²) in [5.41, 5.74) is 7.40. The van der Waals surface area contributed by atoms with Crippen LogP contribution in [0.1, 0.15) is 17.0 Å². The van der Waals surface area contributed by atoms with Crippen LogP contribution in [-0.2, 0) is 4.79 Å². The molecule has 0 aliphatic rings. The van der Waals surface area contributed by atoms with E-state index in [0.717, 1.165) is 0 Å². The first-order chi connectivity index (χ1) is 8.59. The quantitative estimate of drug-likeness (QED) is 0.835. The van der Waals surface area contributed by atoms with E-state index in [2.05, 4.69) is 0 Å². The predicted octanol–water partition coefficient (Wildman–Crippen LogP) is 3.14. The molecule has 1 atom stereocenters. The van der Waals surface area contributed by atoms with E-state index in [-0.39, 0.29) is 0 Å². The van der Waals surface area contributed by atoms with Crippen LogP contribution in [0.3, 0.4) is 0 Å². The third-order valence-electron chi connectivity index (χ3n) is 2.74. The molecule has 92 valence electrons. The van der Waals surface area contributed by atoms with E-state index < -0.39 is 11.9 Å². The molecule has 1 unspecified atom stereocenters. The van der Waals surface area contributed by atoms with Crippen LogP contribution in [0.25, 0.3) is 0 Å². The molecule has 18 heavy (non-hydrogen) atoms. The monoisotopic (exact) mass is 261 g/mol. The smallest absolute Gasteiger partial charge is 0.315 e. The number of benzene rings is 2. The number of carboxylic acid groups (broad SMARTS) is 1. The number of nitrogens with two attached hydrogens (primary N) is 1. The van der Waals surface area contributed by atoms with E-state index in [0.29, 0.717) is 21.8 Å². The van der Waals surface area contributed by atoms with E-state index in [1.807, 2.05) is 18.2 Å². The molecule has 0 radical (unpaired) electrons. The summed E-state index contributed by atoms with van der Waals surface area (Å²) in [6.45, 7) is 0. The Labute approximate surface area is 110 Å². The molecule has 0 amide bonds. The van der Waals surface area contributed by atoms with Crippen molar-refractivity contribution in [3.63, 3.8) is 0 Å². The van der Waals surface area contributed by atoms with Crippen LogP contribution < -0.4 is 5.73 Å². The van der Waals surface area contributed by atoms with Crippen LogP contribution in [0, 0.1) is 0 Å². The number of anilines is 1. The average Bonchev–Trinajstić information content (AvgIpc) is 2.35. The second-order valence-electron chi connectivity index (χ2n) is 3.96. The number of hydrogen-bond donors (Lipinski definition) is 2. The van der Waals surface area contributed by atoms with E-state index in [9.17, 15) is 9.90 Å². The highest BCUT2D eigenvalue weighted by Crippen LogP contribution is 2.29. The van der Waals surface area contributed by atoms with Gasteiger partial charge in [0.25, 0.3) is 0 Å². The topological polar surface area (TPSA) is 63.3 Å². The maximum absolute atomic E-state index is 11.4. The Bertz CT molecular complexity index is 569. The lowest BCUT2D eigenvalue weighted by atomic mass is 9.91. The van der Waals surface area contributed by atoms with Gasteiger partial charge in [-0.3, -0.25) is 4.79 Å². The van der Waals surface area contributed by atoms with Gasteiger partial charge in [-0.15, -0.1) is 0 Å². The predicted molar refractivity (Wildman–Crippen MR) is 71.8 cm³/mol. The molecule has 0 spiro atoms. The van der Waals surface area contributed by atoms with Gasteiger partial charge in [-0.2, -0.15) is 0 Å². The molecule has 3 nitrogen and oxygen atoms in total. The number of nitrogen functional groups attached to an aromatic ring is 1. The molecular weight excluding hydrogens is 250 g/mol. The highest BCUT2D eigenvalue weighted by molar-refractivity contribution is 6.33. The van der Waals surface area contributed by atoms with E-state index in [1.165, 1.54) is 0 Å². The second-order valence-corrected chi connectivity index (χ2v) is 4.37. The molecule has 0 heterocycles. The van der Waals surface area contributed by atoms with Gasteiger partial charge < -0.3 is 10.8 Å². The Morgan fingerprint density at radius 1 is 1.11 bits per heavy atom. The zero-order valence-corrected chi connectivity index (χ0v) is 10.3. The van der Waals surface area contributed by atoms with Crippen LogP contribution in [-0.4, -0.2) is 11.1 Å². The minimum absolute atomic E-state index is 0.370. The van der Waals surface area contributed by atoms with Gasteiger partial charge in [-0.25, -0.2) is 0 Å². The lowest BCUT2D eigenvalue weighted by Crippen LogP contribution is -2.13. The maximum atomic E-state index is 11.4. The molecule has 0 aliphatic heterocycles. The second kappa shape index (κ2) is 5.10. The van der Waals surface area contributed by atoms with Crippen molar-refractivity contribution in [3.05, 3.63) is 64.7 Å². The molecule has 0 bridgehead atoms. The molecule has 4 heteroatoms. The van der Waals surface area contributed by atoms with Gasteiger partial charge in [0.05, 0.1) is 10.7 Å². The first kappa shape index (κ1) is 12.5. The SMILES string of the molecule is Nc1ccc(C(C(=O)O)c2ccccc2)cc1Cl. The first-order valence-corrected chi connectivity index (χ1v) is 5.80. The normalized spacial score (nSPS) is 12.1. The largest absolute Gasteiger partial charge is 0.481 e. The zero-order valence-electron chi connectivity index (χ0n) is 9.51. The van der Waals surface area contributed by atoms with Crippen LogP contribution >= 0.6 is 11.6 Å². The Morgan fingerprint density at radius 2 is 1.78 bits per heavy atom. The molecule has 3 N–H and O–H groups in total. The molecule has 2 aromatic rings. The molecule has 2 aromatic carbocycles. The van der Waals surface area contributed by atoms with Crippen LogP contribution in [0.15, 0.2) is 48.5 Å². The highest BCUT2D eigenvalue weighted by Gasteiger charge is 2.22. The molecule has 2 rings (SSSR count). The van der Waals surface area contributed by atoms with Crippen molar-refractivity contribution in [1.82, 2.24) is 0 Å². The Kier molecular flexibility index (Phi) is 3.53. The van der Waals surface area contributed by atoms with E-state index >= 15 is 0 Å². The van der Waals surface area contributed by atoms with Crippen molar-refractivity contribution in [2.75, 3.05) is 5.73 Å². The third-order valence-corrected chi connectivity index (χ3v) is 3.07. The number of rotatable bonds is 3. The fourth-order valence-electron chi connectivity index (χ4n) is 1.85. The van der Waals surface area contributed by atoms with Crippen molar-refractivity contribution in [1.29, 1.82) is 0 Å². The summed E-state index contributed by atoms with van der Waals surface area (Å²) in [6.07, 6.45) is 0. The molecule has 0 saturated carbocycles. The van der Waals surface area contributed by atoms with Gasteiger partial charge in [-0.05, 0) is 23.3 Å². The van der Waals surface area contributed by atoms with Crippen molar-refractivity contribution >= 4 is 23.3 Å². The number of aliphatic carboxylic acids is 1. The summed E-state index contributed by atoms with van der Waals surface area (Å²) >= 11 is 5.93. The summed E-state index contributed by atoms with van der Waals surface area (Å²) in [4.78, 5) is 11.4. The van der Waals surface area contributed by atoms with Gasteiger partial charge in [0.2, 0.25) is 0 Å². The zero-order chi connectivity index (χ0) is 13.1. The number of carboxylic acids is 1. The van der Waals surface area contributed by atoms with Crippen LogP contribution in [0.5, 0.6) is 0 Å². The van der Waals surface area contributed by atoms with Crippen molar-refractivity contribution < 1.29 is 9.90 Å². The van der Waals surface area contributed by atoms with E-state index in [4.69, 9.17) is 17.3 Å². The molecule has 0 fully saturated rings. The lowest BCUT2D eigenvalue weighted by molar-refractivity contribution is -0.137. The minimum Gasteiger partial charge on any atom is -0.481 e. The van der Waals surface area contributed by atoms with E-state index in [1.54, 1.807) is 30.3 Å². The minimum atomic E-state index is -0.915. The van der Waals surface area contributed by atoms with Gasteiger partial charge in [0.1, 0.15) is 5.92 Å². The fraction of sp³-hybridized carbons (Fsp3) is 0.0714. The fourth-order valence-corrected chi connectivity index (χ4v) is 2.04. The van der Waals surface area contributed by atoms with Crippen molar-refractivity contribution in [2.45, 2.75) is 5.92 Å². The Morgan fingerprint density at radius 3 is 2.33 bits per heavy atom. The van der Waals surface area contributed by atoms with Gasteiger partial charge in [0, 0.05) is 0 Å². The third kappa shape index (κ3) is 2.46. The summed E-state index contributed by atoms with van der Waals surface area (Å²) in [7, 11) is 0. The Hall–Kier alpha value is -2.00. The standard InChI is InChI=1S/C14H12ClNO2/c15-11-8-10(6-7-12(11)16)13(14(17)18)9-4-2-1-3-5-9/h1-8,13H,16H2,(H,17,18). The van der Waals surface area contributed by atoms with Crippen LogP contribution in [0.2, 0.25) is 5.02 Å². The molecule has 0 aromatic heterocycles. The summed E-state index contributed by atoms with van der Waals surface area (Å²) in [5, 5.41) is 9.74. The number of carbonyl (C=O) groups is 1. The van der Waals surface area contributed by atoms with Gasteiger partial charge in [-0.1, -0.05) is 48.0 Å². The van der Waals surface area contributed by atoms with Gasteiger partial charge >= 0.3 is 5.97 Å². The van der Waals surface area contributed by atoms with Crippen molar-refractivity contribution in [2.24, 2.45) is 0 Å². The average molecular weight is 262 g/mol. The van der Waals surface area contributed by atoms with Crippen LogP contribution in [0.4, 0.5) is 5.69 Å². The number of halogens is 1.